The third-order valence-corrected chi connectivity index (χ3v) is 4.14. The minimum Gasteiger partial charge on any atom is -0.483 e. The molecule has 0 radical (unpaired) electrons. The molecule has 0 bridgehead atoms. The van der Waals surface area contributed by atoms with Gasteiger partial charge in [-0.2, -0.15) is 0 Å². The summed E-state index contributed by atoms with van der Waals surface area (Å²) in [6.45, 7) is 3.29. The smallest absolute Gasteiger partial charge is 0.276 e. The van der Waals surface area contributed by atoms with Crippen LogP contribution in [0.5, 0.6) is 11.5 Å². The topological polar surface area (TPSA) is 76.7 Å². The zero-order valence-electron chi connectivity index (χ0n) is 14.3. The summed E-state index contributed by atoms with van der Waals surface area (Å²) in [6.07, 6.45) is 0. The molecule has 0 spiro atoms. The largest absolute Gasteiger partial charge is 0.483 e. The van der Waals surface area contributed by atoms with Crippen molar-refractivity contribution in [2.75, 3.05) is 13.2 Å². The van der Waals surface area contributed by atoms with Crippen molar-refractivity contribution in [1.29, 1.82) is 0 Å². The highest BCUT2D eigenvalue weighted by Gasteiger charge is 2.09. The van der Waals surface area contributed by atoms with E-state index in [0.29, 0.717) is 16.5 Å². The minimum absolute atomic E-state index is 0.237. The van der Waals surface area contributed by atoms with Gasteiger partial charge in [-0.15, -0.1) is 0 Å². The first-order valence-electron chi connectivity index (χ1n) is 7.70. The molecule has 0 aliphatic rings. The van der Waals surface area contributed by atoms with Gasteiger partial charge in [0.2, 0.25) is 0 Å². The molecular weight excluding hydrogens is 424 g/mol. The fourth-order valence-corrected chi connectivity index (χ4v) is 2.83. The van der Waals surface area contributed by atoms with Gasteiger partial charge in [-0.05, 0) is 71.2 Å². The summed E-state index contributed by atoms with van der Waals surface area (Å²) in [4.78, 5) is 23.5. The summed E-state index contributed by atoms with van der Waals surface area (Å²) in [6, 6.07) is 10.6. The molecule has 0 unspecified atom stereocenters. The fraction of sp³-hybridized carbons (Fsp3) is 0.222. The summed E-state index contributed by atoms with van der Waals surface area (Å²) in [5, 5.41) is 0.590. The Morgan fingerprint density at radius 3 is 2.12 bits per heavy atom. The lowest BCUT2D eigenvalue weighted by atomic mass is 10.2. The van der Waals surface area contributed by atoms with E-state index in [-0.39, 0.29) is 13.2 Å². The highest BCUT2D eigenvalue weighted by Crippen LogP contribution is 2.25. The van der Waals surface area contributed by atoms with Gasteiger partial charge in [0.05, 0.1) is 4.47 Å². The number of hydrogen-bond donors (Lipinski definition) is 2. The SMILES string of the molecule is Cc1ccc(OCC(=O)NNC(=O)COc2ccc(Cl)cc2C)c(Br)c1. The monoisotopic (exact) mass is 440 g/mol. The second-order valence-corrected chi connectivity index (χ2v) is 6.81. The normalized spacial score (nSPS) is 10.2. The van der Waals surface area contributed by atoms with E-state index in [1.165, 1.54) is 0 Å². The quantitative estimate of drug-likeness (QED) is 0.674. The van der Waals surface area contributed by atoms with E-state index in [1.54, 1.807) is 24.3 Å². The van der Waals surface area contributed by atoms with Crippen molar-refractivity contribution in [1.82, 2.24) is 10.9 Å². The highest BCUT2D eigenvalue weighted by atomic mass is 79.9. The van der Waals surface area contributed by atoms with Gasteiger partial charge in [-0.1, -0.05) is 17.7 Å². The van der Waals surface area contributed by atoms with Crippen LogP contribution in [0, 0.1) is 13.8 Å². The molecule has 6 nitrogen and oxygen atoms in total. The number of hydrogen-bond acceptors (Lipinski definition) is 4. The number of benzene rings is 2. The molecule has 0 saturated heterocycles. The Morgan fingerprint density at radius 2 is 1.54 bits per heavy atom. The van der Waals surface area contributed by atoms with Crippen LogP contribution in [0.4, 0.5) is 0 Å². The number of nitrogens with one attached hydrogen (secondary N) is 2. The number of amides is 2. The minimum atomic E-state index is -0.496. The molecule has 2 amide bonds. The molecular formula is C18H18BrClN2O4. The zero-order valence-corrected chi connectivity index (χ0v) is 16.6. The second kappa shape index (κ2) is 9.45. The Morgan fingerprint density at radius 1 is 0.962 bits per heavy atom. The lowest BCUT2D eigenvalue weighted by molar-refractivity contribution is -0.131. The van der Waals surface area contributed by atoms with Crippen LogP contribution < -0.4 is 20.3 Å². The molecule has 0 atom stereocenters. The summed E-state index contributed by atoms with van der Waals surface area (Å²) < 4.78 is 11.5. The van der Waals surface area contributed by atoms with Crippen LogP contribution in [-0.2, 0) is 9.59 Å². The van der Waals surface area contributed by atoms with Crippen LogP contribution in [0.25, 0.3) is 0 Å². The molecule has 0 saturated carbocycles. The predicted octanol–water partition coefficient (Wildman–Crippen LogP) is 3.32. The van der Waals surface area contributed by atoms with E-state index < -0.39 is 11.8 Å². The van der Waals surface area contributed by atoms with Gasteiger partial charge in [0.15, 0.2) is 13.2 Å². The maximum absolute atomic E-state index is 11.7. The van der Waals surface area contributed by atoms with Crippen molar-refractivity contribution in [3.8, 4) is 11.5 Å². The number of carbonyl (C=O) groups is 2. The Bertz CT molecular complexity index is 746. The Labute approximate surface area is 164 Å². The number of rotatable bonds is 6. The summed E-state index contributed by atoms with van der Waals surface area (Å²) in [5.41, 5.74) is 6.40. The molecule has 0 fully saturated rings. The summed E-state index contributed by atoms with van der Waals surface area (Å²) in [7, 11) is 0. The second-order valence-electron chi connectivity index (χ2n) is 5.52. The lowest BCUT2D eigenvalue weighted by Crippen LogP contribution is -2.45. The summed E-state index contributed by atoms with van der Waals surface area (Å²) >= 11 is 9.22. The van der Waals surface area contributed by atoms with Crippen molar-refractivity contribution in [3.05, 3.63) is 57.0 Å². The predicted molar refractivity (Wildman–Crippen MR) is 102 cm³/mol. The standard InChI is InChI=1S/C18H18BrClN2O4/c1-11-3-5-16(14(19)7-11)26-10-18(24)22-21-17(23)9-25-15-6-4-13(20)8-12(15)2/h3-8H,9-10H2,1-2H3,(H,21,23)(H,22,24). The van der Waals surface area contributed by atoms with Crippen molar-refractivity contribution >= 4 is 39.3 Å². The number of hydrazine groups is 1. The van der Waals surface area contributed by atoms with Gasteiger partial charge in [-0.3, -0.25) is 20.4 Å². The van der Waals surface area contributed by atoms with Gasteiger partial charge in [0, 0.05) is 5.02 Å². The molecule has 2 aromatic rings. The van der Waals surface area contributed by atoms with Gasteiger partial charge >= 0.3 is 0 Å². The van der Waals surface area contributed by atoms with Crippen LogP contribution in [0.15, 0.2) is 40.9 Å². The number of aryl methyl sites for hydroxylation is 2. The van der Waals surface area contributed by atoms with E-state index in [0.717, 1.165) is 15.6 Å². The first kappa shape index (κ1) is 20.1. The van der Waals surface area contributed by atoms with Crippen LogP contribution in [0.2, 0.25) is 5.02 Å². The Balaban J connectivity index is 1.72. The number of halogens is 2. The molecule has 2 rings (SSSR count). The van der Waals surface area contributed by atoms with Gasteiger partial charge in [0.1, 0.15) is 11.5 Å². The van der Waals surface area contributed by atoms with Crippen LogP contribution >= 0.6 is 27.5 Å². The fourth-order valence-electron chi connectivity index (χ4n) is 2.00. The van der Waals surface area contributed by atoms with Crippen molar-refractivity contribution in [3.63, 3.8) is 0 Å². The van der Waals surface area contributed by atoms with Gasteiger partial charge in [-0.25, -0.2) is 0 Å². The van der Waals surface area contributed by atoms with E-state index in [4.69, 9.17) is 21.1 Å². The molecule has 0 aliphatic heterocycles. The molecule has 0 aromatic heterocycles. The van der Waals surface area contributed by atoms with Gasteiger partial charge in [0.25, 0.3) is 11.8 Å². The lowest BCUT2D eigenvalue weighted by Gasteiger charge is -2.11. The molecule has 138 valence electrons. The van der Waals surface area contributed by atoms with Crippen LogP contribution in [-0.4, -0.2) is 25.0 Å². The van der Waals surface area contributed by atoms with Crippen LogP contribution in [0.1, 0.15) is 11.1 Å². The number of ether oxygens (including phenoxy) is 2. The zero-order chi connectivity index (χ0) is 19.1. The molecule has 0 heterocycles. The molecule has 2 aromatic carbocycles. The average Bonchev–Trinajstić information content (AvgIpc) is 2.58. The Kier molecular flexibility index (Phi) is 7.29. The molecule has 2 N–H and O–H groups in total. The van der Waals surface area contributed by atoms with Gasteiger partial charge < -0.3 is 9.47 Å². The van der Waals surface area contributed by atoms with E-state index in [9.17, 15) is 9.59 Å². The van der Waals surface area contributed by atoms with Crippen LogP contribution in [0.3, 0.4) is 0 Å². The van der Waals surface area contributed by atoms with E-state index in [1.807, 2.05) is 26.0 Å². The maximum atomic E-state index is 11.7. The first-order chi connectivity index (χ1) is 12.3. The molecule has 0 aliphatic carbocycles. The van der Waals surface area contributed by atoms with Crippen molar-refractivity contribution in [2.24, 2.45) is 0 Å². The number of carbonyl (C=O) groups excluding carboxylic acids is 2. The highest BCUT2D eigenvalue weighted by molar-refractivity contribution is 9.10. The first-order valence-corrected chi connectivity index (χ1v) is 8.88. The van der Waals surface area contributed by atoms with Crippen molar-refractivity contribution < 1.29 is 19.1 Å². The maximum Gasteiger partial charge on any atom is 0.276 e. The van der Waals surface area contributed by atoms with E-state index >= 15 is 0 Å². The average molecular weight is 442 g/mol. The Hall–Kier alpha value is -2.25. The van der Waals surface area contributed by atoms with Crippen molar-refractivity contribution in [2.45, 2.75) is 13.8 Å². The molecule has 26 heavy (non-hydrogen) atoms. The third kappa shape index (κ3) is 6.24. The summed E-state index contributed by atoms with van der Waals surface area (Å²) in [5.74, 6) is 0.0970. The molecule has 8 heteroatoms. The third-order valence-electron chi connectivity index (χ3n) is 3.28. The van der Waals surface area contributed by atoms with E-state index in [2.05, 4.69) is 26.8 Å².